The zero-order chi connectivity index (χ0) is 51.1. The monoisotopic (exact) mass is 977 g/mol. The molecule has 0 aliphatic carbocycles. The van der Waals surface area contributed by atoms with Gasteiger partial charge in [-0.15, -0.1) is 5.10 Å². The molecule has 11 heteroatoms. The lowest BCUT2D eigenvalue weighted by Crippen LogP contribution is -2.63. The molecular formula is C61H72N8O2Si. The summed E-state index contributed by atoms with van der Waals surface area (Å²) in [6.45, 7) is 24.5. The highest BCUT2D eigenvalue weighted by Gasteiger charge is 2.35. The fraction of sp³-hybridized carbons (Fsp3) is 0.311. The number of amides is 2. The SMILES string of the molecule is C=C(C)C(=O)NCCCNCc1c2ccccc2c(CNCCCNC(=O)C(=C)C)c2cc(-c3cn(-c4ccc(C5=c6cc/c(=C(\CC)CCC)cc6[Si](C)(C)c6cc(N(C)C)ccc65)cc4)nn3)ccc12. The topological polar surface area (TPSA) is 116 Å². The van der Waals surface area contributed by atoms with E-state index in [0.717, 1.165) is 67.5 Å². The highest BCUT2D eigenvalue weighted by molar-refractivity contribution is 7.01. The number of rotatable bonds is 21. The van der Waals surface area contributed by atoms with Gasteiger partial charge in [-0.25, -0.2) is 4.68 Å². The highest BCUT2D eigenvalue weighted by atomic mass is 28.3. The number of anilines is 1. The smallest absolute Gasteiger partial charge is 0.246 e. The summed E-state index contributed by atoms with van der Waals surface area (Å²) in [6.07, 6.45) is 6.94. The lowest BCUT2D eigenvalue weighted by atomic mass is 9.90. The van der Waals surface area contributed by atoms with Crippen LogP contribution >= 0.6 is 0 Å². The van der Waals surface area contributed by atoms with Gasteiger partial charge in [-0.2, -0.15) is 0 Å². The molecule has 0 bridgehead atoms. The number of nitrogens with zero attached hydrogens (tertiary/aromatic N) is 4. The van der Waals surface area contributed by atoms with Gasteiger partial charge in [-0.3, -0.25) is 9.59 Å². The van der Waals surface area contributed by atoms with Crippen LogP contribution in [0.3, 0.4) is 0 Å². The summed E-state index contributed by atoms with van der Waals surface area (Å²) in [5.74, 6) is -0.229. The molecule has 72 heavy (non-hydrogen) atoms. The van der Waals surface area contributed by atoms with E-state index in [2.05, 4.69) is 183 Å². The van der Waals surface area contributed by atoms with Crippen LogP contribution in [0.4, 0.5) is 5.69 Å². The van der Waals surface area contributed by atoms with Crippen LogP contribution in [0.25, 0.3) is 49.6 Å². The van der Waals surface area contributed by atoms with E-state index in [4.69, 9.17) is 10.3 Å². The predicted molar refractivity (Wildman–Crippen MR) is 304 cm³/mol. The Hall–Kier alpha value is -6.92. The van der Waals surface area contributed by atoms with E-state index in [-0.39, 0.29) is 11.8 Å². The van der Waals surface area contributed by atoms with Gasteiger partial charge in [0.25, 0.3) is 0 Å². The first-order valence-corrected chi connectivity index (χ1v) is 28.7. The molecule has 372 valence electrons. The summed E-state index contributed by atoms with van der Waals surface area (Å²) < 4.78 is 1.88. The van der Waals surface area contributed by atoms with Crippen LogP contribution < -0.4 is 47.0 Å². The Morgan fingerprint density at radius 3 is 1.89 bits per heavy atom. The van der Waals surface area contributed by atoms with Crippen LogP contribution in [0.2, 0.25) is 13.1 Å². The zero-order valence-electron chi connectivity index (χ0n) is 43.7. The Balaban J connectivity index is 1.13. The molecule has 1 aliphatic heterocycles. The van der Waals surface area contributed by atoms with E-state index in [1.54, 1.807) is 13.8 Å². The number of hydrogen-bond donors (Lipinski definition) is 4. The van der Waals surface area contributed by atoms with Crippen LogP contribution in [0.5, 0.6) is 0 Å². The third-order valence-electron chi connectivity index (χ3n) is 14.3. The second-order valence-corrected chi connectivity index (χ2v) is 24.4. The van der Waals surface area contributed by atoms with Crippen LogP contribution in [-0.2, 0) is 22.7 Å². The van der Waals surface area contributed by atoms with Crippen molar-refractivity contribution < 1.29 is 9.59 Å². The van der Waals surface area contributed by atoms with Crippen molar-refractivity contribution in [3.8, 4) is 16.9 Å². The Labute approximate surface area is 427 Å². The maximum atomic E-state index is 12.1. The van der Waals surface area contributed by atoms with Crippen LogP contribution in [0.1, 0.15) is 82.1 Å². The number of carbonyl (C=O) groups is 2. The summed E-state index contributed by atoms with van der Waals surface area (Å²) >= 11 is 0. The minimum absolute atomic E-state index is 0.113. The lowest BCUT2D eigenvalue weighted by Gasteiger charge is -2.34. The van der Waals surface area contributed by atoms with E-state index >= 15 is 0 Å². The van der Waals surface area contributed by atoms with Crippen molar-refractivity contribution in [1.82, 2.24) is 36.3 Å². The average Bonchev–Trinajstić information content (AvgIpc) is 3.88. The van der Waals surface area contributed by atoms with E-state index in [1.807, 2.05) is 10.9 Å². The van der Waals surface area contributed by atoms with Gasteiger partial charge in [0, 0.05) is 62.7 Å². The number of fused-ring (bicyclic) bond motifs is 4. The second kappa shape index (κ2) is 22.7. The van der Waals surface area contributed by atoms with Gasteiger partial charge in [0.15, 0.2) is 0 Å². The molecule has 0 atom stereocenters. The first kappa shape index (κ1) is 51.4. The van der Waals surface area contributed by atoms with Crippen LogP contribution in [-0.4, -0.2) is 75.2 Å². The molecule has 7 aromatic rings. The number of carbonyl (C=O) groups excluding carboxylic acids is 2. The Morgan fingerprint density at radius 2 is 1.29 bits per heavy atom. The van der Waals surface area contributed by atoms with Crippen molar-refractivity contribution in [1.29, 1.82) is 0 Å². The first-order chi connectivity index (χ1) is 34.7. The maximum Gasteiger partial charge on any atom is 0.246 e. The standard InChI is InChI=1S/C61H72N8O2Si/c1-11-17-42(12-2)44-22-28-51-57(35-44)72(9,10)58-36-47(68(7)8)26-29-52(58)59(51)43-20-24-46(25-21-43)69-39-56(66-67-69)45-23-27-50-53(34-45)55(38-63-31-16-33-65-61(71)41(5)6)49-19-14-13-18-48(49)54(50)37-62-30-15-32-64-60(70)40(3)4/h13-14,18-29,34-36,39,62-63H,3,5,11-12,15-17,30-33,37-38H2,1-2,4,6-10H3,(H,64,70)(H,65,71)/b44-42-. The Morgan fingerprint density at radius 1 is 0.681 bits per heavy atom. The zero-order valence-corrected chi connectivity index (χ0v) is 44.7. The largest absolute Gasteiger partial charge is 0.378 e. The molecule has 10 nitrogen and oxygen atoms in total. The van der Waals surface area contributed by atoms with Gasteiger partial charge in [-0.05, 0) is 153 Å². The Kier molecular flexibility index (Phi) is 16.2. The molecule has 0 radical (unpaired) electrons. The van der Waals surface area contributed by atoms with Gasteiger partial charge in [0.2, 0.25) is 11.8 Å². The number of benzene rings is 6. The van der Waals surface area contributed by atoms with Crippen molar-refractivity contribution >= 4 is 68.6 Å². The lowest BCUT2D eigenvalue weighted by molar-refractivity contribution is -0.118. The number of nitrogens with one attached hydrogen (secondary N) is 4. The number of aromatic nitrogens is 3. The molecule has 0 saturated carbocycles. The number of hydrogen-bond acceptors (Lipinski definition) is 7. The molecule has 1 aliphatic rings. The van der Waals surface area contributed by atoms with E-state index in [9.17, 15) is 9.59 Å². The Bertz CT molecular complexity index is 3310. The van der Waals surface area contributed by atoms with Crippen molar-refractivity contribution in [2.75, 3.05) is 45.2 Å². The normalized spacial score (nSPS) is 13.1. The first-order valence-electron chi connectivity index (χ1n) is 25.7. The quantitative estimate of drug-likeness (QED) is 0.0248. The molecule has 4 N–H and O–H groups in total. The van der Waals surface area contributed by atoms with Crippen LogP contribution in [0.15, 0.2) is 134 Å². The predicted octanol–water partition coefficient (Wildman–Crippen LogP) is 8.39. The molecule has 2 heterocycles. The summed E-state index contributed by atoms with van der Waals surface area (Å²) in [4.78, 5) is 26.4. The summed E-state index contributed by atoms with van der Waals surface area (Å²) in [5.41, 5.74) is 12.7. The van der Waals surface area contributed by atoms with E-state index < -0.39 is 8.07 Å². The molecule has 1 aromatic heterocycles. The van der Waals surface area contributed by atoms with Gasteiger partial charge < -0.3 is 26.2 Å². The van der Waals surface area contributed by atoms with Gasteiger partial charge >= 0.3 is 0 Å². The second-order valence-electron chi connectivity index (χ2n) is 20.1. The summed E-state index contributed by atoms with van der Waals surface area (Å²) in [6, 6.07) is 38.4. The van der Waals surface area contributed by atoms with E-state index in [1.165, 1.54) is 76.1 Å². The van der Waals surface area contributed by atoms with Crippen molar-refractivity contribution in [3.63, 3.8) is 0 Å². The maximum absolute atomic E-state index is 12.1. The summed E-state index contributed by atoms with van der Waals surface area (Å²) in [5, 5.41) is 33.1. The molecule has 2 amide bonds. The van der Waals surface area contributed by atoms with E-state index in [0.29, 0.717) is 37.3 Å². The minimum atomic E-state index is -2.08. The average molecular weight is 977 g/mol. The highest BCUT2D eigenvalue weighted by Crippen LogP contribution is 2.36. The fourth-order valence-corrected chi connectivity index (χ4v) is 13.3. The molecule has 0 unspecified atom stereocenters. The van der Waals surface area contributed by atoms with Gasteiger partial charge in [0.05, 0.1) is 11.9 Å². The molecule has 6 aromatic carbocycles. The molecule has 0 saturated heterocycles. The fourth-order valence-electron chi connectivity index (χ4n) is 10.2. The van der Waals surface area contributed by atoms with Gasteiger partial charge in [0.1, 0.15) is 13.8 Å². The minimum Gasteiger partial charge on any atom is -0.378 e. The third kappa shape index (κ3) is 10.9. The summed E-state index contributed by atoms with van der Waals surface area (Å²) in [7, 11) is 2.18. The van der Waals surface area contributed by atoms with Crippen molar-refractivity contribution in [3.05, 3.63) is 166 Å². The van der Waals surface area contributed by atoms with Crippen molar-refractivity contribution in [2.24, 2.45) is 0 Å². The molecule has 0 spiro atoms. The molecular weight excluding hydrogens is 905 g/mol. The molecule has 8 rings (SSSR count). The third-order valence-corrected chi connectivity index (χ3v) is 17.8. The van der Waals surface area contributed by atoms with Gasteiger partial charge in [-0.1, -0.05) is 130 Å². The molecule has 0 fully saturated rings. The van der Waals surface area contributed by atoms with Crippen LogP contribution in [0, 0.1) is 0 Å². The van der Waals surface area contributed by atoms with Crippen molar-refractivity contribution in [2.45, 2.75) is 86.0 Å².